The molecule has 1 aliphatic rings. The van der Waals surface area contributed by atoms with Gasteiger partial charge in [0.25, 0.3) is 0 Å². The minimum Gasteiger partial charge on any atom is -0.356 e. The fourth-order valence-electron chi connectivity index (χ4n) is 2.22. The zero-order chi connectivity index (χ0) is 11.8. The first-order chi connectivity index (χ1) is 8.27. The van der Waals surface area contributed by atoms with E-state index in [1.807, 2.05) is 17.1 Å². The molecule has 0 spiro atoms. The van der Waals surface area contributed by atoms with Gasteiger partial charge in [0.2, 0.25) is 0 Å². The second-order valence-electron chi connectivity index (χ2n) is 4.38. The first-order valence-corrected chi connectivity index (χ1v) is 6.66. The maximum absolute atomic E-state index is 5.75. The number of rotatable bonds is 1. The van der Waals surface area contributed by atoms with Crippen LogP contribution in [0, 0.1) is 6.92 Å². The molecular weight excluding hydrogens is 282 g/mol. The third kappa shape index (κ3) is 1.87. The number of fused-ring (bicyclic) bond motifs is 1. The highest BCUT2D eigenvalue weighted by molar-refractivity contribution is 9.10. The lowest BCUT2D eigenvalue weighted by Crippen LogP contribution is -2.19. The molecule has 1 atom stereocenters. The molecule has 0 bridgehead atoms. The molecule has 1 aliphatic heterocycles. The second kappa shape index (κ2) is 4.38. The van der Waals surface area contributed by atoms with Crippen molar-refractivity contribution in [1.29, 1.82) is 0 Å². The molecule has 0 radical (unpaired) electrons. The Balaban J connectivity index is 2.08. The summed E-state index contributed by atoms with van der Waals surface area (Å²) in [7, 11) is 0. The first kappa shape index (κ1) is 11.2. The summed E-state index contributed by atoms with van der Waals surface area (Å²) in [5.41, 5.74) is 2.09. The zero-order valence-electron chi connectivity index (χ0n) is 9.69. The molecule has 3 rings (SSSR count). The molecule has 5 heteroatoms. The topological polar surface area (TPSA) is 39.9 Å². The molecule has 0 amide bonds. The Labute approximate surface area is 108 Å². The number of hydrogen-bond donors (Lipinski definition) is 0. The van der Waals surface area contributed by atoms with E-state index in [9.17, 15) is 0 Å². The van der Waals surface area contributed by atoms with Crippen molar-refractivity contribution in [2.24, 2.45) is 0 Å². The number of ether oxygens (including phenoxy) is 1. The molecule has 90 valence electrons. The summed E-state index contributed by atoms with van der Waals surface area (Å²) in [5.74, 6) is 0. The molecular formula is C12H14BrN3O. The van der Waals surface area contributed by atoms with Gasteiger partial charge in [-0.05, 0) is 47.7 Å². The molecule has 1 fully saturated rings. The van der Waals surface area contributed by atoms with Crippen LogP contribution in [0.2, 0.25) is 0 Å². The SMILES string of the molecule is Cc1c(Br)cnc2c1cnn2C1CCCCO1. The molecule has 0 saturated carbocycles. The van der Waals surface area contributed by atoms with Gasteiger partial charge < -0.3 is 4.74 Å². The van der Waals surface area contributed by atoms with E-state index < -0.39 is 0 Å². The van der Waals surface area contributed by atoms with E-state index in [1.165, 1.54) is 12.0 Å². The van der Waals surface area contributed by atoms with Crippen molar-refractivity contribution in [3.05, 3.63) is 22.4 Å². The highest BCUT2D eigenvalue weighted by Crippen LogP contribution is 2.28. The van der Waals surface area contributed by atoms with Gasteiger partial charge >= 0.3 is 0 Å². The Morgan fingerprint density at radius 1 is 1.41 bits per heavy atom. The zero-order valence-corrected chi connectivity index (χ0v) is 11.3. The number of nitrogens with zero attached hydrogens (tertiary/aromatic N) is 3. The van der Waals surface area contributed by atoms with Crippen LogP contribution >= 0.6 is 15.9 Å². The van der Waals surface area contributed by atoms with Gasteiger partial charge in [-0.15, -0.1) is 0 Å². The summed E-state index contributed by atoms with van der Waals surface area (Å²) in [6.45, 7) is 2.89. The van der Waals surface area contributed by atoms with E-state index in [1.54, 1.807) is 0 Å². The Morgan fingerprint density at radius 2 is 2.29 bits per heavy atom. The lowest BCUT2D eigenvalue weighted by Gasteiger charge is -2.23. The van der Waals surface area contributed by atoms with Crippen LogP contribution in [-0.4, -0.2) is 21.4 Å². The van der Waals surface area contributed by atoms with Gasteiger partial charge in [-0.1, -0.05) is 0 Å². The monoisotopic (exact) mass is 295 g/mol. The summed E-state index contributed by atoms with van der Waals surface area (Å²) >= 11 is 3.49. The van der Waals surface area contributed by atoms with Crippen molar-refractivity contribution < 1.29 is 4.74 Å². The van der Waals surface area contributed by atoms with Gasteiger partial charge in [-0.3, -0.25) is 0 Å². The highest BCUT2D eigenvalue weighted by Gasteiger charge is 2.19. The summed E-state index contributed by atoms with van der Waals surface area (Å²) in [6.07, 6.45) is 7.12. The predicted molar refractivity (Wildman–Crippen MR) is 68.8 cm³/mol. The number of hydrogen-bond acceptors (Lipinski definition) is 3. The van der Waals surface area contributed by atoms with Crippen molar-refractivity contribution in [2.45, 2.75) is 32.4 Å². The Morgan fingerprint density at radius 3 is 3.06 bits per heavy atom. The molecule has 17 heavy (non-hydrogen) atoms. The van der Waals surface area contributed by atoms with E-state index in [2.05, 4.69) is 32.9 Å². The molecule has 2 aromatic rings. The smallest absolute Gasteiger partial charge is 0.160 e. The molecule has 4 nitrogen and oxygen atoms in total. The van der Waals surface area contributed by atoms with Crippen molar-refractivity contribution in [3.8, 4) is 0 Å². The molecule has 0 aromatic carbocycles. The summed E-state index contributed by atoms with van der Waals surface area (Å²) in [4.78, 5) is 4.45. The molecule has 1 saturated heterocycles. The highest BCUT2D eigenvalue weighted by atomic mass is 79.9. The Kier molecular flexibility index (Phi) is 2.88. The molecule has 0 N–H and O–H groups in total. The van der Waals surface area contributed by atoms with Gasteiger partial charge in [0.1, 0.15) is 0 Å². The van der Waals surface area contributed by atoms with Crippen molar-refractivity contribution >= 4 is 27.0 Å². The number of aromatic nitrogens is 3. The fourth-order valence-corrected chi connectivity index (χ4v) is 2.54. The van der Waals surface area contributed by atoms with E-state index in [0.717, 1.165) is 35.0 Å². The maximum atomic E-state index is 5.75. The molecule has 1 unspecified atom stereocenters. The van der Waals surface area contributed by atoms with Crippen molar-refractivity contribution in [3.63, 3.8) is 0 Å². The lowest BCUT2D eigenvalue weighted by molar-refractivity contribution is -0.0370. The lowest BCUT2D eigenvalue weighted by atomic mass is 10.2. The number of halogens is 1. The average molecular weight is 296 g/mol. The van der Waals surface area contributed by atoms with Crippen LogP contribution < -0.4 is 0 Å². The Bertz CT molecular complexity index is 546. The van der Waals surface area contributed by atoms with Crippen molar-refractivity contribution in [2.75, 3.05) is 6.61 Å². The summed E-state index contributed by atoms with van der Waals surface area (Å²) in [5, 5.41) is 5.52. The van der Waals surface area contributed by atoms with Gasteiger partial charge in [0.15, 0.2) is 11.9 Å². The van der Waals surface area contributed by atoms with Crippen LogP contribution in [-0.2, 0) is 4.74 Å². The van der Waals surface area contributed by atoms with Crippen LogP contribution in [0.15, 0.2) is 16.9 Å². The van der Waals surface area contributed by atoms with Gasteiger partial charge in [0, 0.05) is 22.7 Å². The van der Waals surface area contributed by atoms with E-state index in [4.69, 9.17) is 4.74 Å². The normalized spacial score (nSPS) is 20.9. The number of aryl methyl sites for hydroxylation is 1. The van der Waals surface area contributed by atoms with Gasteiger partial charge in [-0.2, -0.15) is 5.10 Å². The van der Waals surface area contributed by atoms with Gasteiger partial charge in [-0.25, -0.2) is 9.67 Å². The van der Waals surface area contributed by atoms with Crippen LogP contribution in [0.3, 0.4) is 0 Å². The minimum atomic E-state index is 0.0503. The molecule has 0 aliphatic carbocycles. The van der Waals surface area contributed by atoms with E-state index >= 15 is 0 Å². The third-order valence-electron chi connectivity index (χ3n) is 3.26. The largest absolute Gasteiger partial charge is 0.356 e. The van der Waals surface area contributed by atoms with Crippen LogP contribution in [0.1, 0.15) is 31.1 Å². The van der Waals surface area contributed by atoms with Crippen LogP contribution in [0.4, 0.5) is 0 Å². The predicted octanol–water partition coefficient (Wildman–Crippen LogP) is 3.20. The summed E-state index contributed by atoms with van der Waals surface area (Å²) < 4.78 is 8.68. The summed E-state index contributed by atoms with van der Waals surface area (Å²) in [6, 6.07) is 0. The molecule has 2 aromatic heterocycles. The van der Waals surface area contributed by atoms with E-state index in [-0.39, 0.29) is 6.23 Å². The fraction of sp³-hybridized carbons (Fsp3) is 0.500. The van der Waals surface area contributed by atoms with Crippen molar-refractivity contribution in [1.82, 2.24) is 14.8 Å². The second-order valence-corrected chi connectivity index (χ2v) is 5.23. The van der Waals surface area contributed by atoms with Crippen LogP contribution in [0.5, 0.6) is 0 Å². The maximum Gasteiger partial charge on any atom is 0.160 e. The van der Waals surface area contributed by atoms with Crippen LogP contribution in [0.25, 0.3) is 11.0 Å². The standard InChI is InChI=1S/C12H14BrN3O/c1-8-9-6-15-16(11-4-2-3-5-17-11)12(9)14-7-10(8)13/h6-7,11H,2-5H2,1H3. The first-order valence-electron chi connectivity index (χ1n) is 5.87. The molecule has 3 heterocycles. The Hall–Kier alpha value is -0.940. The number of pyridine rings is 1. The van der Waals surface area contributed by atoms with E-state index in [0.29, 0.717) is 0 Å². The quantitative estimate of drug-likeness (QED) is 0.811. The third-order valence-corrected chi connectivity index (χ3v) is 4.06. The minimum absolute atomic E-state index is 0.0503. The van der Waals surface area contributed by atoms with Gasteiger partial charge in [0.05, 0.1) is 6.20 Å². The average Bonchev–Trinajstić information content (AvgIpc) is 2.79.